The lowest BCUT2D eigenvalue weighted by Gasteiger charge is -2.08. The van der Waals surface area contributed by atoms with Crippen molar-refractivity contribution in [1.82, 2.24) is 0 Å². The van der Waals surface area contributed by atoms with E-state index < -0.39 is 0 Å². The lowest BCUT2D eigenvalue weighted by molar-refractivity contribution is 0.0975. The first-order chi connectivity index (χ1) is 7.79. The molecule has 0 spiro atoms. The van der Waals surface area contributed by atoms with Crippen molar-refractivity contribution < 1.29 is 9.53 Å². The van der Waals surface area contributed by atoms with E-state index in [-0.39, 0.29) is 5.78 Å². The highest BCUT2D eigenvalue weighted by Gasteiger charge is 2.10. The second-order valence-corrected chi connectivity index (χ2v) is 3.81. The van der Waals surface area contributed by atoms with Gasteiger partial charge < -0.3 is 4.74 Å². The molecule has 0 unspecified atom stereocenters. The molecule has 0 atom stereocenters. The summed E-state index contributed by atoms with van der Waals surface area (Å²) in [5.74, 6) is 0.906. The summed E-state index contributed by atoms with van der Waals surface area (Å²) in [5.41, 5.74) is 0.723. The third kappa shape index (κ3) is 3.69. The Morgan fingerprint density at radius 2 is 1.94 bits per heavy atom. The van der Waals surface area contributed by atoms with Gasteiger partial charge in [0.1, 0.15) is 5.75 Å². The van der Waals surface area contributed by atoms with Crippen LogP contribution in [0.15, 0.2) is 24.3 Å². The lowest BCUT2D eigenvalue weighted by Crippen LogP contribution is -2.03. The highest BCUT2D eigenvalue weighted by Crippen LogP contribution is 2.20. The quantitative estimate of drug-likeness (QED) is 0.515. The number of unbranched alkanes of at least 4 members (excludes halogenated alkanes) is 2. The van der Waals surface area contributed by atoms with Gasteiger partial charge >= 0.3 is 0 Å². The Labute approximate surface area is 97.6 Å². The molecule has 0 saturated carbocycles. The molecule has 0 radical (unpaired) electrons. The second-order valence-electron chi connectivity index (χ2n) is 3.81. The van der Waals surface area contributed by atoms with Gasteiger partial charge in [-0.3, -0.25) is 4.79 Å². The van der Waals surface area contributed by atoms with Crippen molar-refractivity contribution in [2.45, 2.75) is 39.5 Å². The molecule has 88 valence electrons. The van der Waals surface area contributed by atoms with Crippen LogP contribution in [0.5, 0.6) is 5.75 Å². The van der Waals surface area contributed by atoms with Crippen LogP contribution in [-0.4, -0.2) is 12.4 Å². The first-order valence-corrected chi connectivity index (χ1v) is 6.04. The molecule has 1 aromatic rings. The minimum Gasteiger partial charge on any atom is -0.493 e. The number of ether oxygens (including phenoxy) is 1. The Morgan fingerprint density at radius 3 is 2.62 bits per heavy atom. The Morgan fingerprint density at radius 1 is 1.19 bits per heavy atom. The zero-order valence-electron chi connectivity index (χ0n) is 10.2. The Kier molecular flexibility index (Phi) is 5.62. The normalized spacial score (nSPS) is 10.1. The van der Waals surface area contributed by atoms with E-state index in [1.165, 1.54) is 0 Å². The standard InChI is InChI=1S/C14H20O2/c1-3-5-6-10-13(15)12-9-7-8-11-14(12)16-4-2/h7-9,11H,3-6,10H2,1-2H3. The molecule has 1 rings (SSSR count). The van der Waals surface area contributed by atoms with Crippen LogP contribution in [-0.2, 0) is 0 Å². The average molecular weight is 220 g/mol. The van der Waals surface area contributed by atoms with Crippen LogP contribution >= 0.6 is 0 Å². The van der Waals surface area contributed by atoms with Crippen molar-refractivity contribution in [2.75, 3.05) is 6.61 Å². The smallest absolute Gasteiger partial charge is 0.166 e. The zero-order chi connectivity index (χ0) is 11.8. The highest BCUT2D eigenvalue weighted by atomic mass is 16.5. The molecule has 0 bridgehead atoms. The molecule has 0 aliphatic carbocycles. The van der Waals surface area contributed by atoms with Gasteiger partial charge in [-0.25, -0.2) is 0 Å². The molecule has 0 aliphatic rings. The molecule has 0 N–H and O–H groups in total. The number of hydrogen-bond donors (Lipinski definition) is 0. The number of hydrogen-bond acceptors (Lipinski definition) is 2. The van der Waals surface area contributed by atoms with Crippen molar-refractivity contribution in [3.63, 3.8) is 0 Å². The van der Waals surface area contributed by atoms with Gasteiger partial charge in [-0.2, -0.15) is 0 Å². The van der Waals surface area contributed by atoms with E-state index in [9.17, 15) is 4.79 Å². The predicted octanol–water partition coefficient (Wildman–Crippen LogP) is 3.85. The lowest BCUT2D eigenvalue weighted by atomic mass is 10.0. The van der Waals surface area contributed by atoms with Crippen LogP contribution in [0.2, 0.25) is 0 Å². The fraction of sp³-hybridized carbons (Fsp3) is 0.500. The van der Waals surface area contributed by atoms with Crippen LogP contribution in [0.25, 0.3) is 0 Å². The van der Waals surface area contributed by atoms with Crippen LogP contribution in [0, 0.1) is 0 Å². The summed E-state index contributed by atoms with van der Waals surface area (Å²) in [6.45, 7) is 4.66. The number of carbonyl (C=O) groups excluding carboxylic acids is 1. The van der Waals surface area contributed by atoms with Crippen molar-refractivity contribution >= 4 is 5.78 Å². The van der Waals surface area contributed by atoms with E-state index in [4.69, 9.17) is 4.74 Å². The molecule has 16 heavy (non-hydrogen) atoms. The van der Waals surface area contributed by atoms with Crippen LogP contribution in [0.3, 0.4) is 0 Å². The maximum absolute atomic E-state index is 11.9. The fourth-order valence-corrected chi connectivity index (χ4v) is 1.65. The molecule has 0 aliphatic heterocycles. The third-order valence-electron chi connectivity index (χ3n) is 2.49. The molecule has 1 aromatic carbocycles. The van der Waals surface area contributed by atoms with Gasteiger partial charge in [0.25, 0.3) is 0 Å². The van der Waals surface area contributed by atoms with E-state index >= 15 is 0 Å². The van der Waals surface area contributed by atoms with E-state index in [2.05, 4.69) is 6.92 Å². The van der Waals surface area contributed by atoms with Gasteiger partial charge in [-0.05, 0) is 25.5 Å². The summed E-state index contributed by atoms with van der Waals surface area (Å²) in [5, 5.41) is 0. The first kappa shape index (κ1) is 12.8. The minimum absolute atomic E-state index is 0.192. The SMILES string of the molecule is CCCCCC(=O)c1ccccc1OCC. The number of carbonyl (C=O) groups is 1. The Balaban J connectivity index is 2.66. The summed E-state index contributed by atoms with van der Waals surface area (Å²) in [7, 11) is 0. The monoisotopic (exact) mass is 220 g/mol. The molecule has 2 nitrogen and oxygen atoms in total. The molecule has 0 aromatic heterocycles. The number of ketones is 1. The maximum Gasteiger partial charge on any atom is 0.166 e. The first-order valence-electron chi connectivity index (χ1n) is 6.04. The number of rotatable bonds is 7. The van der Waals surface area contributed by atoms with E-state index in [0.29, 0.717) is 18.8 Å². The minimum atomic E-state index is 0.192. The molecule has 0 fully saturated rings. The largest absolute Gasteiger partial charge is 0.493 e. The number of Topliss-reactive ketones (excluding diaryl/α,β-unsaturated/α-hetero) is 1. The highest BCUT2D eigenvalue weighted by molar-refractivity contribution is 5.98. The van der Waals surface area contributed by atoms with Crippen LogP contribution < -0.4 is 4.74 Å². The van der Waals surface area contributed by atoms with Crippen molar-refractivity contribution in [1.29, 1.82) is 0 Å². The van der Waals surface area contributed by atoms with Gasteiger partial charge in [0.05, 0.1) is 12.2 Å². The summed E-state index contributed by atoms with van der Waals surface area (Å²) in [6, 6.07) is 7.49. The van der Waals surface area contributed by atoms with Gasteiger partial charge in [-0.1, -0.05) is 31.9 Å². The summed E-state index contributed by atoms with van der Waals surface area (Å²) in [4.78, 5) is 11.9. The number of benzene rings is 1. The second kappa shape index (κ2) is 7.04. The van der Waals surface area contributed by atoms with E-state index in [1.54, 1.807) is 0 Å². The summed E-state index contributed by atoms with van der Waals surface area (Å²) < 4.78 is 5.44. The molecule has 0 saturated heterocycles. The van der Waals surface area contributed by atoms with Gasteiger partial charge in [0.2, 0.25) is 0 Å². The Bertz CT molecular complexity index is 331. The number of para-hydroxylation sites is 1. The zero-order valence-corrected chi connectivity index (χ0v) is 10.2. The Hall–Kier alpha value is -1.31. The van der Waals surface area contributed by atoms with Crippen LogP contribution in [0.1, 0.15) is 49.9 Å². The van der Waals surface area contributed by atoms with Crippen molar-refractivity contribution in [2.24, 2.45) is 0 Å². The topological polar surface area (TPSA) is 26.3 Å². The van der Waals surface area contributed by atoms with Gasteiger partial charge in [0.15, 0.2) is 5.78 Å². The summed E-state index contributed by atoms with van der Waals surface area (Å²) in [6.07, 6.45) is 3.84. The molecule has 0 heterocycles. The van der Waals surface area contributed by atoms with Gasteiger partial charge in [-0.15, -0.1) is 0 Å². The molecule has 0 amide bonds. The van der Waals surface area contributed by atoms with Crippen LogP contribution in [0.4, 0.5) is 0 Å². The summed E-state index contributed by atoms with van der Waals surface area (Å²) >= 11 is 0. The maximum atomic E-state index is 11.9. The van der Waals surface area contributed by atoms with E-state index in [1.807, 2.05) is 31.2 Å². The molecular formula is C14H20O2. The fourth-order valence-electron chi connectivity index (χ4n) is 1.65. The predicted molar refractivity (Wildman–Crippen MR) is 66.1 cm³/mol. The van der Waals surface area contributed by atoms with Gasteiger partial charge in [0, 0.05) is 6.42 Å². The third-order valence-corrected chi connectivity index (χ3v) is 2.49. The average Bonchev–Trinajstić information content (AvgIpc) is 2.30. The van der Waals surface area contributed by atoms with E-state index in [0.717, 1.165) is 24.8 Å². The molecular weight excluding hydrogens is 200 g/mol. The van der Waals surface area contributed by atoms with Crippen molar-refractivity contribution in [3.8, 4) is 5.75 Å². The van der Waals surface area contributed by atoms with Crippen molar-refractivity contribution in [3.05, 3.63) is 29.8 Å². The molecule has 2 heteroatoms.